The molecule has 0 saturated carbocycles. The maximum absolute atomic E-state index is 14.7. The van der Waals surface area contributed by atoms with Crippen LogP contribution in [0, 0.1) is 0 Å². The molecule has 2 amide bonds. The van der Waals surface area contributed by atoms with E-state index >= 15 is 0 Å². The zero-order valence-electron chi connectivity index (χ0n) is 30.8. The molecule has 7 nitrogen and oxygen atoms in total. The Kier molecular flexibility index (Phi) is 10.1. The van der Waals surface area contributed by atoms with Crippen molar-refractivity contribution in [2.45, 2.75) is 51.6 Å². The molecule has 2 heterocycles. The number of carbonyl (C=O) groups is 1. The summed E-state index contributed by atoms with van der Waals surface area (Å²) < 4.78 is 8.25. The van der Waals surface area contributed by atoms with Gasteiger partial charge >= 0.3 is 6.03 Å². The first-order valence-electron chi connectivity index (χ1n) is 17.9. The van der Waals surface area contributed by atoms with Gasteiger partial charge in [0.1, 0.15) is 0 Å². The highest BCUT2D eigenvalue weighted by atomic mass is 79.9. The SMILES string of the molecule is CC(C)(CO[Si](c1ccccc1)(c1ccccc1)C(C)(C)C)c1cccc(N2C(=O)N(c3ccccc3Br)Cc3cnc(Nc4ccccc4)nc32)c1. The number of amides is 2. The van der Waals surface area contributed by atoms with Crippen molar-refractivity contribution in [1.29, 1.82) is 0 Å². The first kappa shape index (κ1) is 36.3. The van der Waals surface area contributed by atoms with E-state index in [4.69, 9.17) is 9.41 Å². The first-order chi connectivity index (χ1) is 25.5. The molecule has 0 saturated heterocycles. The van der Waals surface area contributed by atoms with E-state index in [2.05, 4.69) is 134 Å². The van der Waals surface area contributed by atoms with E-state index in [1.54, 1.807) is 9.80 Å². The molecule has 0 fully saturated rings. The highest BCUT2D eigenvalue weighted by molar-refractivity contribution is 9.10. The van der Waals surface area contributed by atoms with Crippen LogP contribution in [-0.4, -0.2) is 30.9 Å². The Labute approximate surface area is 322 Å². The summed E-state index contributed by atoms with van der Waals surface area (Å²) in [5.41, 5.74) is 3.82. The van der Waals surface area contributed by atoms with Gasteiger partial charge in [0, 0.05) is 33.9 Å². The lowest BCUT2D eigenvalue weighted by Crippen LogP contribution is -2.67. The van der Waals surface area contributed by atoms with Gasteiger partial charge in [-0.25, -0.2) is 14.7 Å². The molecule has 1 aliphatic rings. The third kappa shape index (κ3) is 7.16. The van der Waals surface area contributed by atoms with Crippen LogP contribution in [0.15, 0.2) is 150 Å². The van der Waals surface area contributed by atoms with Crippen molar-refractivity contribution < 1.29 is 9.22 Å². The molecule has 6 aromatic rings. The van der Waals surface area contributed by atoms with Crippen molar-refractivity contribution in [2.75, 3.05) is 21.7 Å². The van der Waals surface area contributed by atoms with Gasteiger partial charge in [0.25, 0.3) is 8.32 Å². The molecule has 0 aliphatic carbocycles. The summed E-state index contributed by atoms with van der Waals surface area (Å²) in [5.74, 6) is 0.961. The predicted octanol–water partition coefficient (Wildman–Crippen LogP) is 10.1. The number of halogens is 1. The number of nitrogens with zero attached hydrogens (tertiary/aromatic N) is 4. The third-order valence-corrected chi connectivity index (χ3v) is 15.6. The lowest BCUT2D eigenvalue weighted by Gasteiger charge is -2.45. The van der Waals surface area contributed by atoms with Crippen LogP contribution in [0.3, 0.4) is 0 Å². The van der Waals surface area contributed by atoms with Gasteiger partial charge in [-0.1, -0.05) is 138 Å². The van der Waals surface area contributed by atoms with Gasteiger partial charge in [-0.15, -0.1) is 0 Å². The van der Waals surface area contributed by atoms with E-state index in [0.717, 1.165) is 27.0 Å². The molecule has 9 heteroatoms. The quantitative estimate of drug-likeness (QED) is 0.140. The Morgan fingerprint density at radius 3 is 2.00 bits per heavy atom. The number of anilines is 5. The Bertz CT molecular complexity index is 2170. The van der Waals surface area contributed by atoms with Gasteiger partial charge in [0.15, 0.2) is 5.82 Å². The number of hydrogen-bond acceptors (Lipinski definition) is 5. The summed E-state index contributed by atoms with van der Waals surface area (Å²) in [5, 5.41) is 5.63. The fourth-order valence-electron chi connectivity index (χ4n) is 7.15. The van der Waals surface area contributed by atoms with Crippen molar-refractivity contribution >= 4 is 69.5 Å². The number of urea groups is 1. The van der Waals surface area contributed by atoms with Crippen LogP contribution in [-0.2, 0) is 16.4 Å². The minimum Gasteiger partial charge on any atom is -0.407 e. The Morgan fingerprint density at radius 1 is 0.774 bits per heavy atom. The standard InChI is InChI=1S/C44H44BrN5O2Si/c1-43(2,3)53(36-22-11-7-12-23-36,37-24-13-8-14-25-37)52-31-44(4,5)33-18-17-21-35(28-33)50-40-32(29-46-41(48-40)47-34-19-9-6-10-20-34)30-49(42(50)51)39-27-16-15-26-38(39)45/h6-29H,30-31H2,1-5H3,(H,46,47,48). The average Bonchev–Trinajstić information content (AvgIpc) is 3.16. The van der Waals surface area contributed by atoms with Crippen LogP contribution < -0.4 is 25.5 Å². The van der Waals surface area contributed by atoms with Gasteiger partial charge in [-0.2, -0.15) is 4.98 Å². The Balaban J connectivity index is 1.28. The molecule has 1 aromatic heterocycles. The molecular formula is C44H44BrN5O2Si. The summed E-state index contributed by atoms with van der Waals surface area (Å²) in [7, 11) is -2.79. The molecule has 0 unspecified atom stereocenters. The Hall–Kier alpha value is -5.09. The van der Waals surface area contributed by atoms with Crippen LogP contribution in [0.1, 0.15) is 45.7 Å². The smallest absolute Gasteiger partial charge is 0.335 e. The summed E-state index contributed by atoms with van der Waals surface area (Å²) in [6.45, 7) is 12.1. The molecule has 1 aliphatic heterocycles. The predicted molar refractivity (Wildman–Crippen MR) is 223 cm³/mol. The van der Waals surface area contributed by atoms with Crippen LogP contribution in [0.5, 0.6) is 0 Å². The molecule has 1 N–H and O–H groups in total. The number of carbonyl (C=O) groups excluding carboxylic acids is 1. The van der Waals surface area contributed by atoms with E-state index in [1.165, 1.54) is 10.4 Å². The zero-order valence-corrected chi connectivity index (χ0v) is 33.3. The van der Waals surface area contributed by atoms with Crippen LogP contribution >= 0.6 is 15.9 Å². The van der Waals surface area contributed by atoms with Crippen molar-refractivity contribution in [3.05, 3.63) is 161 Å². The van der Waals surface area contributed by atoms with Crippen molar-refractivity contribution in [3.63, 3.8) is 0 Å². The minimum atomic E-state index is -2.79. The van der Waals surface area contributed by atoms with Gasteiger partial charge in [0.05, 0.1) is 17.9 Å². The second-order valence-corrected chi connectivity index (χ2v) is 20.2. The van der Waals surface area contributed by atoms with Crippen molar-refractivity contribution in [2.24, 2.45) is 0 Å². The summed E-state index contributed by atoms with van der Waals surface area (Å²) in [6, 6.07) is 47.0. The van der Waals surface area contributed by atoms with E-state index in [9.17, 15) is 4.79 Å². The zero-order chi connectivity index (χ0) is 37.2. The maximum atomic E-state index is 14.7. The van der Waals surface area contributed by atoms with Crippen LogP contribution in [0.25, 0.3) is 0 Å². The maximum Gasteiger partial charge on any atom is 0.335 e. The Morgan fingerprint density at radius 2 is 1.38 bits per heavy atom. The largest absolute Gasteiger partial charge is 0.407 e. The van der Waals surface area contributed by atoms with Crippen LogP contribution in [0.4, 0.5) is 33.6 Å². The van der Waals surface area contributed by atoms with Crippen molar-refractivity contribution in [1.82, 2.24) is 9.97 Å². The highest BCUT2D eigenvalue weighted by Crippen LogP contribution is 2.41. The topological polar surface area (TPSA) is 70.6 Å². The molecule has 7 rings (SSSR count). The summed E-state index contributed by atoms with van der Waals surface area (Å²) in [4.78, 5) is 27.8. The number of nitrogens with one attached hydrogen (secondary N) is 1. The van der Waals surface area contributed by atoms with Gasteiger partial charge in [-0.05, 0) is 73.3 Å². The molecule has 0 spiro atoms. The molecule has 5 aromatic carbocycles. The normalized spacial score (nSPS) is 13.5. The van der Waals surface area contributed by atoms with Gasteiger partial charge in [0.2, 0.25) is 5.95 Å². The molecule has 268 valence electrons. The lowest BCUT2D eigenvalue weighted by atomic mass is 9.85. The van der Waals surface area contributed by atoms with Crippen LogP contribution in [0.2, 0.25) is 5.04 Å². The number of para-hydroxylation sites is 2. The number of benzene rings is 5. The third-order valence-electron chi connectivity index (χ3n) is 9.93. The first-order valence-corrected chi connectivity index (χ1v) is 20.6. The molecular weight excluding hydrogens is 739 g/mol. The van der Waals surface area contributed by atoms with E-state index in [0.29, 0.717) is 30.6 Å². The number of aromatic nitrogens is 2. The summed E-state index contributed by atoms with van der Waals surface area (Å²) >= 11 is 3.68. The molecule has 0 atom stereocenters. The molecule has 0 bridgehead atoms. The number of rotatable bonds is 10. The fourth-order valence-corrected chi connectivity index (χ4v) is 12.4. The van der Waals surface area contributed by atoms with E-state index < -0.39 is 13.7 Å². The van der Waals surface area contributed by atoms with E-state index in [1.807, 2.05) is 72.9 Å². The van der Waals surface area contributed by atoms with E-state index in [-0.39, 0.29) is 11.1 Å². The molecule has 53 heavy (non-hydrogen) atoms. The fraction of sp³-hybridized carbons (Fsp3) is 0.205. The van der Waals surface area contributed by atoms with Crippen molar-refractivity contribution in [3.8, 4) is 0 Å². The summed E-state index contributed by atoms with van der Waals surface area (Å²) in [6.07, 6.45) is 1.81. The van der Waals surface area contributed by atoms with Gasteiger partial charge in [-0.3, -0.25) is 4.90 Å². The second kappa shape index (κ2) is 14.7. The second-order valence-electron chi connectivity index (χ2n) is 15.1. The minimum absolute atomic E-state index is 0.155. The lowest BCUT2D eigenvalue weighted by molar-refractivity contribution is 0.227. The molecule has 0 radical (unpaired) electrons. The monoisotopic (exact) mass is 781 g/mol. The average molecular weight is 783 g/mol. The number of fused-ring (bicyclic) bond motifs is 1. The highest BCUT2D eigenvalue weighted by Gasteiger charge is 2.51. The number of hydrogen-bond donors (Lipinski definition) is 1. The van der Waals surface area contributed by atoms with Gasteiger partial charge < -0.3 is 9.74 Å².